The van der Waals surface area contributed by atoms with Crippen molar-refractivity contribution in [3.63, 3.8) is 0 Å². The first kappa shape index (κ1) is 23.7. The molecule has 2 aliphatic heterocycles. The number of allylic oxidation sites excluding steroid dienone is 2. The molecule has 172 valence electrons. The van der Waals surface area contributed by atoms with Gasteiger partial charge in [-0.15, -0.1) is 0 Å². The Labute approximate surface area is 185 Å². The van der Waals surface area contributed by atoms with E-state index < -0.39 is 17.7 Å². The van der Waals surface area contributed by atoms with E-state index in [-0.39, 0.29) is 42.2 Å². The number of hydrogen-bond acceptors (Lipinski definition) is 5. The van der Waals surface area contributed by atoms with Gasteiger partial charge in [0.2, 0.25) is 5.60 Å². The van der Waals surface area contributed by atoms with Gasteiger partial charge >= 0.3 is 5.97 Å². The lowest BCUT2D eigenvalue weighted by Gasteiger charge is -2.45. The van der Waals surface area contributed by atoms with Gasteiger partial charge in [0, 0.05) is 30.6 Å². The fraction of sp³-hybridized carbons (Fsp3) is 0.680. The molecule has 31 heavy (non-hydrogen) atoms. The molecule has 1 fully saturated rings. The molecule has 6 heteroatoms. The number of nitrogens with one attached hydrogen (secondary N) is 1. The predicted octanol–water partition coefficient (Wildman–Crippen LogP) is 2.91. The molecule has 1 aliphatic carbocycles. The van der Waals surface area contributed by atoms with Gasteiger partial charge in [-0.1, -0.05) is 44.1 Å². The summed E-state index contributed by atoms with van der Waals surface area (Å²) in [6, 6.07) is -0.0807. The maximum atomic E-state index is 13.5. The minimum atomic E-state index is -1.32. The predicted molar refractivity (Wildman–Crippen MR) is 119 cm³/mol. The normalized spacial score (nSPS) is 41.5. The molecule has 6 nitrogen and oxygen atoms in total. The Morgan fingerprint density at radius 2 is 1.97 bits per heavy atom. The SMILES string of the molecule is CC1=C[C@H]2/C=C(\C)C[C@@H](CO)C[C@@H](O)/C=C\C(=O)O[C@@]23C(=O)N[C@H](CC(C)C)[C@H]3[C@H]1C. The number of ether oxygens (including phenoxy) is 1. The first-order valence-corrected chi connectivity index (χ1v) is 11.4. The van der Waals surface area contributed by atoms with Crippen LogP contribution in [0, 0.1) is 29.6 Å². The van der Waals surface area contributed by atoms with Crippen molar-refractivity contribution in [2.75, 3.05) is 6.61 Å². The molecule has 1 saturated heterocycles. The van der Waals surface area contributed by atoms with Gasteiger partial charge in [-0.3, -0.25) is 4.79 Å². The van der Waals surface area contributed by atoms with E-state index >= 15 is 0 Å². The van der Waals surface area contributed by atoms with Crippen molar-refractivity contribution in [1.82, 2.24) is 5.32 Å². The summed E-state index contributed by atoms with van der Waals surface area (Å²) < 4.78 is 6.04. The third-order valence-electron chi connectivity index (χ3n) is 7.15. The van der Waals surface area contributed by atoms with E-state index in [2.05, 4.69) is 39.1 Å². The number of carbonyl (C=O) groups excluding carboxylic acids is 2. The van der Waals surface area contributed by atoms with Gasteiger partial charge in [0.05, 0.1) is 6.10 Å². The number of esters is 1. The van der Waals surface area contributed by atoms with E-state index in [0.717, 1.165) is 12.0 Å². The fourth-order valence-corrected chi connectivity index (χ4v) is 5.69. The van der Waals surface area contributed by atoms with Gasteiger partial charge in [-0.05, 0) is 56.9 Å². The van der Waals surface area contributed by atoms with Crippen molar-refractivity contribution in [3.05, 3.63) is 35.5 Å². The van der Waals surface area contributed by atoms with E-state index in [0.29, 0.717) is 18.8 Å². The van der Waals surface area contributed by atoms with Crippen LogP contribution in [0.5, 0.6) is 0 Å². The molecule has 3 rings (SSSR count). The summed E-state index contributed by atoms with van der Waals surface area (Å²) in [6.45, 7) is 10.4. The molecule has 0 aromatic heterocycles. The summed E-state index contributed by atoms with van der Waals surface area (Å²) in [5, 5.41) is 23.2. The number of aliphatic hydroxyl groups is 2. The van der Waals surface area contributed by atoms with Crippen LogP contribution in [0.2, 0.25) is 0 Å². The maximum absolute atomic E-state index is 13.5. The van der Waals surface area contributed by atoms with E-state index in [4.69, 9.17) is 4.74 Å². The molecule has 2 heterocycles. The summed E-state index contributed by atoms with van der Waals surface area (Å²) in [4.78, 5) is 26.3. The zero-order valence-corrected chi connectivity index (χ0v) is 19.3. The second-order valence-corrected chi connectivity index (χ2v) is 10.1. The quantitative estimate of drug-likeness (QED) is 0.472. The van der Waals surface area contributed by atoms with Gasteiger partial charge in [0.15, 0.2) is 0 Å². The second kappa shape index (κ2) is 9.29. The summed E-state index contributed by atoms with van der Waals surface area (Å²) in [5.41, 5.74) is 0.876. The minimum absolute atomic E-state index is 0.0538. The topological polar surface area (TPSA) is 95.9 Å². The Kier molecular flexibility index (Phi) is 7.11. The summed E-state index contributed by atoms with van der Waals surface area (Å²) in [6.07, 6.45) is 7.61. The summed E-state index contributed by atoms with van der Waals surface area (Å²) in [7, 11) is 0. The van der Waals surface area contributed by atoms with Crippen molar-refractivity contribution < 1.29 is 24.5 Å². The number of rotatable bonds is 3. The highest BCUT2D eigenvalue weighted by molar-refractivity contribution is 5.94. The molecule has 0 unspecified atom stereocenters. The Balaban J connectivity index is 2.14. The highest BCUT2D eigenvalue weighted by atomic mass is 16.6. The number of carbonyl (C=O) groups is 2. The van der Waals surface area contributed by atoms with Gasteiger partial charge in [-0.2, -0.15) is 0 Å². The average Bonchev–Trinajstić information content (AvgIpc) is 2.94. The molecular formula is C25H37NO5. The lowest BCUT2D eigenvalue weighted by molar-refractivity contribution is -0.172. The number of amides is 1. The number of aliphatic hydroxyl groups excluding tert-OH is 2. The molecule has 0 aromatic rings. The highest BCUT2D eigenvalue weighted by Gasteiger charge is 2.64. The minimum Gasteiger partial charge on any atom is -0.444 e. The Hall–Kier alpha value is -1.92. The van der Waals surface area contributed by atoms with Crippen molar-refractivity contribution in [3.8, 4) is 0 Å². The molecule has 1 spiro atoms. The zero-order valence-electron chi connectivity index (χ0n) is 19.3. The Morgan fingerprint density at radius 3 is 2.61 bits per heavy atom. The summed E-state index contributed by atoms with van der Waals surface area (Å²) >= 11 is 0. The first-order valence-electron chi connectivity index (χ1n) is 11.4. The standard InChI is InChI=1S/C25H37NO5/c1-14(2)8-21-23-17(5)16(4)11-19-10-15(3)9-18(13-27)12-20(28)6-7-22(29)31-25(19,23)24(30)26-21/h6-7,10-11,14,17-21,23,27-28H,8-9,12-13H2,1-5H3,(H,26,30)/b7-6-,15-10+/t17-,18+,19+,20-,21+,23+,25-/m0/s1. The molecule has 3 aliphatic rings. The fourth-order valence-electron chi connectivity index (χ4n) is 5.69. The van der Waals surface area contributed by atoms with E-state index in [9.17, 15) is 19.8 Å². The largest absolute Gasteiger partial charge is 0.444 e. The average molecular weight is 432 g/mol. The van der Waals surface area contributed by atoms with E-state index in [1.165, 1.54) is 17.7 Å². The van der Waals surface area contributed by atoms with Gasteiger partial charge in [0.25, 0.3) is 5.91 Å². The zero-order chi connectivity index (χ0) is 22.9. The molecule has 0 bridgehead atoms. The van der Waals surface area contributed by atoms with E-state index in [1.807, 2.05) is 13.0 Å². The molecule has 0 aromatic carbocycles. The third-order valence-corrected chi connectivity index (χ3v) is 7.15. The Bertz CT molecular complexity index is 798. The summed E-state index contributed by atoms with van der Waals surface area (Å²) in [5.74, 6) is -1.10. The van der Waals surface area contributed by atoms with Crippen molar-refractivity contribution in [1.29, 1.82) is 0 Å². The van der Waals surface area contributed by atoms with Crippen LogP contribution in [0.1, 0.15) is 53.9 Å². The van der Waals surface area contributed by atoms with Gasteiger partial charge in [0.1, 0.15) is 0 Å². The molecule has 0 radical (unpaired) electrons. The third kappa shape index (κ3) is 4.65. The van der Waals surface area contributed by atoms with Crippen LogP contribution < -0.4 is 5.32 Å². The van der Waals surface area contributed by atoms with Crippen LogP contribution in [-0.2, 0) is 14.3 Å². The van der Waals surface area contributed by atoms with Crippen molar-refractivity contribution in [2.24, 2.45) is 29.6 Å². The Morgan fingerprint density at radius 1 is 1.26 bits per heavy atom. The number of hydrogen-bond donors (Lipinski definition) is 3. The van der Waals surface area contributed by atoms with Crippen LogP contribution in [0.25, 0.3) is 0 Å². The highest BCUT2D eigenvalue weighted by Crippen LogP contribution is 2.51. The maximum Gasteiger partial charge on any atom is 0.331 e. The van der Waals surface area contributed by atoms with Gasteiger partial charge in [-0.25, -0.2) is 4.79 Å². The van der Waals surface area contributed by atoms with Crippen molar-refractivity contribution in [2.45, 2.75) is 71.6 Å². The van der Waals surface area contributed by atoms with Crippen LogP contribution >= 0.6 is 0 Å². The monoisotopic (exact) mass is 431 g/mol. The van der Waals surface area contributed by atoms with Crippen LogP contribution in [0.15, 0.2) is 35.5 Å². The molecule has 7 atom stereocenters. The van der Waals surface area contributed by atoms with Crippen LogP contribution in [-0.4, -0.2) is 46.4 Å². The van der Waals surface area contributed by atoms with Crippen molar-refractivity contribution >= 4 is 11.9 Å². The molecular weight excluding hydrogens is 394 g/mol. The lowest BCUT2D eigenvalue weighted by Crippen LogP contribution is -2.56. The van der Waals surface area contributed by atoms with E-state index in [1.54, 1.807) is 0 Å². The smallest absolute Gasteiger partial charge is 0.331 e. The van der Waals surface area contributed by atoms with Crippen LogP contribution in [0.4, 0.5) is 0 Å². The molecule has 3 N–H and O–H groups in total. The lowest BCUT2D eigenvalue weighted by atomic mass is 9.63. The van der Waals surface area contributed by atoms with Gasteiger partial charge < -0.3 is 20.3 Å². The molecule has 1 amide bonds. The second-order valence-electron chi connectivity index (χ2n) is 10.1. The molecule has 0 saturated carbocycles. The van der Waals surface area contributed by atoms with Crippen LogP contribution in [0.3, 0.4) is 0 Å². The first-order chi connectivity index (χ1) is 14.6.